The number of nitrogens with zero attached hydrogens (tertiary/aromatic N) is 1. The molecule has 0 aliphatic carbocycles. The number of halogens is 2. The number of alkyl halides is 2. The number of rotatable bonds is 8. The zero-order chi connectivity index (χ0) is 21.7. The molecule has 2 aromatic carbocycles. The van der Waals surface area contributed by atoms with E-state index < -0.39 is 12.5 Å². The molecule has 3 aromatic rings. The van der Waals surface area contributed by atoms with Crippen LogP contribution in [0.3, 0.4) is 0 Å². The molecule has 7 nitrogen and oxygen atoms in total. The van der Waals surface area contributed by atoms with Crippen molar-refractivity contribution in [3.05, 3.63) is 65.0 Å². The first-order valence-corrected chi connectivity index (χ1v) is 8.96. The van der Waals surface area contributed by atoms with Crippen molar-refractivity contribution in [1.29, 1.82) is 0 Å². The second-order valence-electron chi connectivity index (χ2n) is 6.31. The molecule has 9 heteroatoms. The Hall–Kier alpha value is -3.62. The van der Waals surface area contributed by atoms with Crippen molar-refractivity contribution in [1.82, 2.24) is 5.16 Å². The standard InChI is InChI=1S/C21H20F2N2O5/c1-12-17(13(2)30-25-12)11-28-16-7-4-14(5-8-16)20(26)24-15-6-9-18(27-3)19(10-15)29-21(22)23/h4-10,21H,11H2,1-3H3,(H,24,26). The van der Waals surface area contributed by atoms with E-state index in [4.69, 9.17) is 14.0 Å². The van der Waals surface area contributed by atoms with Gasteiger partial charge in [0, 0.05) is 17.3 Å². The average molecular weight is 418 g/mol. The third kappa shape index (κ3) is 5.05. The van der Waals surface area contributed by atoms with Gasteiger partial charge in [0.1, 0.15) is 18.1 Å². The maximum atomic E-state index is 12.5. The number of hydrogen-bond donors (Lipinski definition) is 1. The number of carbonyl (C=O) groups is 1. The van der Waals surface area contributed by atoms with Gasteiger partial charge in [0.15, 0.2) is 11.5 Å². The molecule has 1 amide bonds. The first-order valence-electron chi connectivity index (χ1n) is 8.96. The van der Waals surface area contributed by atoms with E-state index in [0.29, 0.717) is 23.7 Å². The van der Waals surface area contributed by atoms with Gasteiger partial charge in [0.25, 0.3) is 5.91 Å². The van der Waals surface area contributed by atoms with Crippen molar-refractivity contribution < 1.29 is 32.3 Å². The average Bonchev–Trinajstić information content (AvgIpc) is 3.04. The molecule has 0 aliphatic heterocycles. The molecule has 0 saturated heterocycles. The predicted molar refractivity (Wildman–Crippen MR) is 104 cm³/mol. The van der Waals surface area contributed by atoms with Crippen LogP contribution in [0.1, 0.15) is 27.4 Å². The van der Waals surface area contributed by atoms with E-state index in [1.165, 1.54) is 25.3 Å². The number of ether oxygens (including phenoxy) is 3. The van der Waals surface area contributed by atoms with Crippen molar-refractivity contribution in [3.63, 3.8) is 0 Å². The number of nitrogens with one attached hydrogen (secondary N) is 1. The van der Waals surface area contributed by atoms with Gasteiger partial charge < -0.3 is 24.1 Å². The Morgan fingerprint density at radius 3 is 2.47 bits per heavy atom. The Kier molecular flexibility index (Phi) is 6.51. The minimum absolute atomic E-state index is 0.132. The van der Waals surface area contributed by atoms with Crippen molar-refractivity contribution in [2.75, 3.05) is 12.4 Å². The van der Waals surface area contributed by atoms with Gasteiger partial charge in [-0.2, -0.15) is 8.78 Å². The van der Waals surface area contributed by atoms with E-state index in [1.54, 1.807) is 24.3 Å². The van der Waals surface area contributed by atoms with Gasteiger partial charge in [-0.15, -0.1) is 0 Å². The van der Waals surface area contributed by atoms with Crippen LogP contribution in [0.4, 0.5) is 14.5 Å². The van der Waals surface area contributed by atoms with Crippen LogP contribution in [0.5, 0.6) is 17.2 Å². The fraction of sp³-hybridized carbons (Fsp3) is 0.238. The summed E-state index contributed by atoms with van der Waals surface area (Å²) in [5.74, 6) is 0.809. The number of anilines is 1. The van der Waals surface area contributed by atoms with Crippen molar-refractivity contribution >= 4 is 11.6 Å². The Balaban J connectivity index is 1.64. The first kappa shape index (κ1) is 21.1. The van der Waals surface area contributed by atoms with Gasteiger partial charge in [-0.1, -0.05) is 5.16 Å². The summed E-state index contributed by atoms with van der Waals surface area (Å²) in [7, 11) is 1.33. The number of carbonyl (C=O) groups excluding carboxylic acids is 1. The first-order chi connectivity index (χ1) is 14.4. The minimum Gasteiger partial charge on any atom is -0.493 e. The molecule has 1 heterocycles. The zero-order valence-electron chi connectivity index (χ0n) is 16.6. The van der Waals surface area contributed by atoms with Gasteiger partial charge in [-0.3, -0.25) is 4.79 Å². The smallest absolute Gasteiger partial charge is 0.387 e. The Labute approximate surface area is 171 Å². The highest BCUT2D eigenvalue weighted by Gasteiger charge is 2.14. The number of aromatic nitrogens is 1. The van der Waals surface area contributed by atoms with Crippen LogP contribution in [0.15, 0.2) is 47.0 Å². The Morgan fingerprint density at radius 1 is 1.13 bits per heavy atom. The molecule has 0 atom stereocenters. The van der Waals surface area contributed by atoms with E-state index >= 15 is 0 Å². The molecule has 158 valence electrons. The summed E-state index contributed by atoms with van der Waals surface area (Å²) in [5, 5.41) is 6.50. The number of hydrogen-bond acceptors (Lipinski definition) is 6. The van der Waals surface area contributed by atoms with Crippen LogP contribution in [0, 0.1) is 13.8 Å². The zero-order valence-corrected chi connectivity index (χ0v) is 16.6. The molecule has 0 saturated carbocycles. The summed E-state index contributed by atoms with van der Waals surface area (Å²) in [5.41, 5.74) is 2.29. The van der Waals surface area contributed by atoms with Crippen molar-refractivity contribution in [3.8, 4) is 17.2 Å². The lowest BCUT2D eigenvalue weighted by atomic mass is 10.2. The van der Waals surface area contributed by atoms with E-state index in [-0.39, 0.29) is 17.2 Å². The van der Waals surface area contributed by atoms with Crippen LogP contribution < -0.4 is 19.5 Å². The molecule has 0 fully saturated rings. The van der Waals surface area contributed by atoms with Crippen LogP contribution in [-0.2, 0) is 6.61 Å². The third-order valence-electron chi connectivity index (χ3n) is 4.32. The maximum absolute atomic E-state index is 12.5. The maximum Gasteiger partial charge on any atom is 0.387 e. The second-order valence-corrected chi connectivity index (χ2v) is 6.31. The topological polar surface area (TPSA) is 82.8 Å². The summed E-state index contributed by atoms with van der Waals surface area (Å²) < 4.78 is 45.3. The van der Waals surface area contributed by atoms with E-state index in [2.05, 4.69) is 15.2 Å². The molecule has 0 bridgehead atoms. The van der Waals surface area contributed by atoms with Gasteiger partial charge >= 0.3 is 6.61 Å². The van der Waals surface area contributed by atoms with Gasteiger partial charge in [-0.25, -0.2) is 0 Å². The lowest BCUT2D eigenvalue weighted by molar-refractivity contribution is -0.0511. The predicted octanol–water partition coefficient (Wildman–Crippen LogP) is 4.73. The lowest BCUT2D eigenvalue weighted by Crippen LogP contribution is -2.12. The molecule has 1 aromatic heterocycles. The Bertz CT molecular complexity index is 999. The molecule has 0 spiro atoms. The highest BCUT2D eigenvalue weighted by molar-refractivity contribution is 6.04. The highest BCUT2D eigenvalue weighted by Crippen LogP contribution is 2.31. The van der Waals surface area contributed by atoms with Crippen LogP contribution in [0.25, 0.3) is 0 Å². The number of methoxy groups -OCH3 is 1. The quantitative estimate of drug-likeness (QED) is 0.569. The molecule has 30 heavy (non-hydrogen) atoms. The van der Waals surface area contributed by atoms with Crippen molar-refractivity contribution in [2.45, 2.75) is 27.1 Å². The molecular weight excluding hydrogens is 398 g/mol. The third-order valence-corrected chi connectivity index (χ3v) is 4.32. The van der Waals surface area contributed by atoms with E-state index in [1.807, 2.05) is 13.8 Å². The van der Waals surface area contributed by atoms with Crippen LogP contribution in [-0.4, -0.2) is 24.8 Å². The molecule has 3 rings (SSSR count). The van der Waals surface area contributed by atoms with Gasteiger partial charge in [0.05, 0.1) is 18.4 Å². The molecule has 0 aliphatic rings. The largest absolute Gasteiger partial charge is 0.493 e. The van der Waals surface area contributed by atoms with E-state index in [0.717, 1.165) is 11.3 Å². The fourth-order valence-corrected chi connectivity index (χ4v) is 2.71. The molecule has 0 unspecified atom stereocenters. The summed E-state index contributed by atoms with van der Waals surface area (Å²) in [6.07, 6.45) is 0. The SMILES string of the molecule is COc1ccc(NC(=O)c2ccc(OCc3c(C)noc3C)cc2)cc1OC(F)F. The highest BCUT2D eigenvalue weighted by atomic mass is 19.3. The molecule has 0 radical (unpaired) electrons. The second kappa shape index (κ2) is 9.25. The minimum atomic E-state index is -3.01. The number of benzene rings is 2. The van der Waals surface area contributed by atoms with Crippen LogP contribution >= 0.6 is 0 Å². The van der Waals surface area contributed by atoms with Crippen molar-refractivity contribution in [2.24, 2.45) is 0 Å². The monoisotopic (exact) mass is 418 g/mol. The number of aryl methyl sites for hydroxylation is 2. The van der Waals surface area contributed by atoms with Gasteiger partial charge in [-0.05, 0) is 50.2 Å². The number of amides is 1. The van der Waals surface area contributed by atoms with Crippen LogP contribution in [0.2, 0.25) is 0 Å². The summed E-state index contributed by atoms with van der Waals surface area (Å²) >= 11 is 0. The summed E-state index contributed by atoms with van der Waals surface area (Å²) in [4.78, 5) is 12.5. The summed E-state index contributed by atoms with van der Waals surface area (Å²) in [6.45, 7) is 0.927. The molecule has 1 N–H and O–H groups in total. The van der Waals surface area contributed by atoms with Gasteiger partial charge in [0.2, 0.25) is 0 Å². The fourth-order valence-electron chi connectivity index (χ4n) is 2.71. The normalized spacial score (nSPS) is 10.7. The van der Waals surface area contributed by atoms with E-state index in [9.17, 15) is 13.6 Å². The summed E-state index contributed by atoms with van der Waals surface area (Å²) in [6, 6.07) is 10.7. The molecular formula is C21H20F2N2O5. The Morgan fingerprint density at radius 2 is 1.87 bits per heavy atom. The lowest BCUT2D eigenvalue weighted by Gasteiger charge is -2.12.